The van der Waals surface area contributed by atoms with Gasteiger partial charge in [0, 0.05) is 30.3 Å². The minimum absolute atomic E-state index is 0.0909. The van der Waals surface area contributed by atoms with Gasteiger partial charge in [0.25, 0.3) is 0 Å². The summed E-state index contributed by atoms with van der Waals surface area (Å²) in [6.07, 6.45) is 3.30. The summed E-state index contributed by atoms with van der Waals surface area (Å²) in [4.78, 5) is 27.2. The van der Waals surface area contributed by atoms with E-state index in [4.69, 9.17) is 0 Å². The number of carboxylic acid groups (broad SMARTS) is 1. The van der Waals surface area contributed by atoms with Gasteiger partial charge in [-0.2, -0.15) is 0 Å². The highest BCUT2D eigenvalue weighted by Gasteiger charge is 2.10. The number of fused-ring (bicyclic) bond motifs is 1. The van der Waals surface area contributed by atoms with Gasteiger partial charge in [0.2, 0.25) is 5.91 Å². The Kier molecular flexibility index (Phi) is 3.76. The minimum Gasteiger partial charge on any atom is -0.478 e. The van der Waals surface area contributed by atoms with Gasteiger partial charge in [-0.1, -0.05) is 30.3 Å². The van der Waals surface area contributed by atoms with Crippen molar-refractivity contribution in [2.45, 2.75) is 6.92 Å². The lowest BCUT2D eigenvalue weighted by Crippen LogP contribution is -2.02. The van der Waals surface area contributed by atoms with Crippen molar-refractivity contribution in [3.8, 4) is 0 Å². The number of hydrogen-bond donors (Lipinski definition) is 1. The molecule has 0 saturated heterocycles. The van der Waals surface area contributed by atoms with Crippen LogP contribution in [0.1, 0.15) is 27.6 Å². The Morgan fingerprint density at radius 3 is 2.52 bits per heavy atom. The first kappa shape index (κ1) is 14.7. The molecular formula is C18H14N2O3. The molecule has 0 atom stereocenters. The molecule has 5 nitrogen and oxygen atoms in total. The van der Waals surface area contributed by atoms with E-state index in [0.29, 0.717) is 5.69 Å². The number of carboxylic acids is 1. The third-order valence-corrected chi connectivity index (χ3v) is 3.56. The number of nitrogens with zero attached hydrogens (tertiary/aromatic N) is 2. The molecule has 0 aliphatic carbocycles. The third-order valence-electron chi connectivity index (χ3n) is 3.56. The first-order chi connectivity index (χ1) is 11.1. The molecule has 2 aromatic carbocycles. The van der Waals surface area contributed by atoms with Crippen molar-refractivity contribution in [1.29, 1.82) is 0 Å². The van der Waals surface area contributed by atoms with Crippen molar-refractivity contribution in [3.05, 3.63) is 65.9 Å². The van der Waals surface area contributed by atoms with Crippen LogP contribution in [0.15, 0.2) is 59.7 Å². The number of aromatic carboxylic acids is 1. The largest absolute Gasteiger partial charge is 0.478 e. The third kappa shape index (κ3) is 2.76. The SMILES string of the molecule is CC(=O)n1cc(C=Nc2ccccc2C(=O)O)c2ccccc21. The monoisotopic (exact) mass is 306 g/mol. The van der Waals surface area contributed by atoms with Crippen LogP contribution in [0.5, 0.6) is 0 Å². The number of hydrogen-bond acceptors (Lipinski definition) is 3. The van der Waals surface area contributed by atoms with E-state index >= 15 is 0 Å². The topological polar surface area (TPSA) is 71.7 Å². The summed E-state index contributed by atoms with van der Waals surface area (Å²) in [5, 5.41) is 10.1. The Balaban J connectivity index is 2.09. The fraction of sp³-hybridized carbons (Fsp3) is 0.0556. The molecule has 114 valence electrons. The molecule has 0 fully saturated rings. The fourth-order valence-electron chi connectivity index (χ4n) is 2.48. The van der Waals surface area contributed by atoms with Crippen LogP contribution in [0.2, 0.25) is 0 Å². The number of para-hydroxylation sites is 2. The summed E-state index contributed by atoms with van der Waals surface area (Å²) in [6.45, 7) is 1.49. The molecule has 1 heterocycles. The van der Waals surface area contributed by atoms with E-state index in [9.17, 15) is 14.7 Å². The van der Waals surface area contributed by atoms with Crippen molar-refractivity contribution in [2.75, 3.05) is 0 Å². The molecule has 5 heteroatoms. The molecule has 0 bridgehead atoms. The Hall–Kier alpha value is -3.21. The second-order valence-electron chi connectivity index (χ2n) is 5.07. The van der Waals surface area contributed by atoms with Gasteiger partial charge in [-0.3, -0.25) is 14.4 Å². The summed E-state index contributed by atoms with van der Waals surface area (Å²) in [7, 11) is 0. The lowest BCUT2D eigenvalue weighted by Gasteiger charge is -1.99. The summed E-state index contributed by atoms with van der Waals surface area (Å²) in [5.74, 6) is -1.12. The molecule has 0 aliphatic rings. The van der Waals surface area contributed by atoms with Crippen LogP contribution in [0.4, 0.5) is 5.69 Å². The molecule has 23 heavy (non-hydrogen) atoms. The number of carbonyl (C=O) groups excluding carboxylic acids is 1. The van der Waals surface area contributed by atoms with E-state index in [0.717, 1.165) is 16.5 Å². The number of carbonyl (C=O) groups is 2. The van der Waals surface area contributed by atoms with Crippen molar-refractivity contribution in [3.63, 3.8) is 0 Å². The molecule has 0 spiro atoms. The van der Waals surface area contributed by atoms with Gasteiger partial charge in [0.1, 0.15) is 0 Å². The fourth-order valence-corrected chi connectivity index (χ4v) is 2.48. The van der Waals surface area contributed by atoms with Crippen LogP contribution in [-0.4, -0.2) is 27.8 Å². The molecule has 0 aliphatic heterocycles. The van der Waals surface area contributed by atoms with E-state index in [1.54, 1.807) is 35.2 Å². The molecule has 0 unspecified atom stereocenters. The van der Waals surface area contributed by atoms with Gasteiger partial charge in [-0.05, 0) is 18.2 Å². The van der Waals surface area contributed by atoms with Gasteiger partial charge < -0.3 is 5.11 Å². The highest BCUT2D eigenvalue weighted by Crippen LogP contribution is 2.22. The zero-order valence-corrected chi connectivity index (χ0v) is 12.4. The van der Waals surface area contributed by atoms with Gasteiger partial charge in [-0.15, -0.1) is 0 Å². The van der Waals surface area contributed by atoms with Crippen molar-refractivity contribution >= 4 is 34.7 Å². The van der Waals surface area contributed by atoms with Crippen molar-refractivity contribution in [1.82, 2.24) is 4.57 Å². The van der Waals surface area contributed by atoms with E-state index in [-0.39, 0.29) is 11.5 Å². The average molecular weight is 306 g/mol. The van der Waals surface area contributed by atoms with Gasteiger partial charge in [-0.25, -0.2) is 4.79 Å². The maximum Gasteiger partial charge on any atom is 0.337 e. The molecule has 0 amide bonds. The number of rotatable bonds is 3. The lowest BCUT2D eigenvalue weighted by atomic mass is 10.1. The van der Waals surface area contributed by atoms with Gasteiger partial charge in [0.15, 0.2) is 0 Å². The van der Waals surface area contributed by atoms with Crippen LogP contribution in [0.25, 0.3) is 10.9 Å². The molecule has 0 radical (unpaired) electrons. The predicted octanol–water partition coefficient (Wildman–Crippen LogP) is 3.75. The van der Waals surface area contributed by atoms with Crippen LogP contribution in [0, 0.1) is 0 Å². The van der Waals surface area contributed by atoms with Crippen LogP contribution < -0.4 is 0 Å². The maximum absolute atomic E-state index is 11.7. The second-order valence-corrected chi connectivity index (χ2v) is 5.07. The Labute approximate surface area is 132 Å². The quantitative estimate of drug-likeness (QED) is 0.749. The van der Waals surface area contributed by atoms with E-state index < -0.39 is 5.97 Å². The van der Waals surface area contributed by atoms with E-state index in [1.165, 1.54) is 13.0 Å². The van der Waals surface area contributed by atoms with Gasteiger partial charge in [0.05, 0.1) is 16.8 Å². The molecule has 1 N–H and O–H groups in total. The zero-order chi connectivity index (χ0) is 16.4. The standard InChI is InChI=1S/C18H14N2O3/c1-12(21)20-11-13(14-6-3-5-9-17(14)20)10-19-16-8-4-2-7-15(16)18(22)23/h2-11H,1H3,(H,22,23). The summed E-state index contributed by atoms with van der Waals surface area (Å²) in [5.41, 5.74) is 2.07. The Bertz CT molecular complexity index is 938. The first-order valence-electron chi connectivity index (χ1n) is 7.05. The smallest absolute Gasteiger partial charge is 0.337 e. The summed E-state index contributed by atoms with van der Waals surface area (Å²) < 4.78 is 1.56. The average Bonchev–Trinajstić information content (AvgIpc) is 2.92. The first-order valence-corrected chi connectivity index (χ1v) is 7.05. The van der Waals surface area contributed by atoms with Gasteiger partial charge >= 0.3 is 5.97 Å². The van der Waals surface area contributed by atoms with Crippen molar-refractivity contribution < 1.29 is 14.7 Å². The Morgan fingerprint density at radius 1 is 1.09 bits per heavy atom. The summed E-state index contributed by atoms with van der Waals surface area (Å²) in [6, 6.07) is 14.1. The summed E-state index contributed by atoms with van der Waals surface area (Å²) >= 11 is 0. The second kappa shape index (κ2) is 5.88. The molecule has 0 saturated carbocycles. The van der Waals surface area contributed by atoms with Crippen LogP contribution in [-0.2, 0) is 0 Å². The minimum atomic E-state index is -1.02. The van der Waals surface area contributed by atoms with Crippen LogP contribution in [0.3, 0.4) is 0 Å². The zero-order valence-electron chi connectivity index (χ0n) is 12.4. The predicted molar refractivity (Wildman–Crippen MR) is 88.9 cm³/mol. The highest BCUT2D eigenvalue weighted by atomic mass is 16.4. The van der Waals surface area contributed by atoms with Crippen molar-refractivity contribution in [2.24, 2.45) is 4.99 Å². The number of benzene rings is 2. The highest BCUT2D eigenvalue weighted by molar-refractivity contribution is 6.04. The maximum atomic E-state index is 11.7. The molecule has 3 rings (SSSR count). The van der Waals surface area contributed by atoms with E-state index in [2.05, 4.69) is 4.99 Å². The Morgan fingerprint density at radius 2 is 1.78 bits per heavy atom. The lowest BCUT2D eigenvalue weighted by molar-refractivity contribution is 0.0697. The molecular weight excluding hydrogens is 292 g/mol. The molecule has 1 aromatic heterocycles. The molecule has 3 aromatic rings. The number of aromatic nitrogens is 1. The van der Waals surface area contributed by atoms with Crippen LogP contribution >= 0.6 is 0 Å². The number of aliphatic imine (C=N–C) groups is 1. The van der Waals surface area contributed by atoms with E-state index in [1.807, 2.05) is 24.3 Å². The normalized spacial score (nSPS) is 11.2.